The summed E-state index contributed by atoms with van der Waals surface area (Å²) in [6.45, 7) is 6.03. The largest absolute Gasteiger partial charge is 0.294 e. The summed E-state index contributed by atoms with van der Waals surface area (Å²) in [5.41, 5.74) is 1.13. The zero-order valence-corrected chi connectivity index (χ0v) is 13.5. The molecule has 20 heavy (non-hydrogen) atoms. The van der Waals surface area contributed by atoms with Gasteiger partial charge in [0.2, 0.25) is 10.0 Å². The van der Waals surface area contributed by atoms with Crippen molar-refractivity contribution in [2.75, 3.05) is 13.6 Å². The minimum atomic E-state index is -3.53. The van der Waals surface area contributed by atoms with E-state index < -0.39 is 10.0 Å². The Morgan fingerprint density at radius 3 is 2.45 bits per heavy atom. The van der Waals surface area contributed by atoms with Gasteiger partial charge in [-0.05, 0) is 25.0 Å². The Morgan fingerprint density at radius 2 is 1.90 bits per heavy atom. The molecular formula is C15H23NO3S. The van der Waals surface area contributed by atoms with Gasteiger partial charge < -0.3 is 0 Å². The van der Waals surface area contributed by atoms with E-state index in [0.717, 1.165) is 12.8 Å². The van der Waals surface area contributed by atoms with Crippen LogP contribution in [-0.4, -0.2) is 32.1 Å². The highest BCUT2D eigenvalue weighted by Crippen LogP contribution is 2.21. The number of aryl methyl sites for hydroxylation is 1. The molecule has 0 radical (unpaired) electrons. The van der Waals surface area contributed by atoms with Crippen LogP contribution in [0.2, 0.25) is 0 Å². The number of carbonyl (C=O) groups excluding carboxylic acids is 1. The fourth-order valence-electron chi connectivity index (χ4n) is 1.92. The minimum absolute atomic E-state index is 0.0438. The second-order valence-corrected chi connectivity index (χ2v) is 6.95. The van der Waals surface area contributed by atoms with E-state index in [4.69, 9.17) is 0 Å². The molecule has 0 saturated carbocycles. The van der Waals surface area contributed by atoms with Crippen LogP contribution in [0, 0.1) is 6.92 Å². The van der Waals surface area contributed by atoms with Crippen LogP contribution in [0.1, 0.15) is 49.0 Å². The van der Waals surface area contributed by atoms with Gasteiger partial charge in [0, 0.05) is 25.6 Å². The molecule has 112 valence electrons. The van der Waals surface area contributed by atoms with Crippen molar-refractivity contribution in [3.05, 3.63) is 29.3 Å². The van der Waals surface area contributed by atoms with Crippen LogP contribution in [-0.2, 0) is 10.0 Å². The fraction of sp³-hybridized carbons (Fsp3) is 0.533. The van der Waals surface area contributed by atoms with Crippen molar-refractivity contribution >= 4 is 15.8 Å². The van der Waals surface area contributed by atoms with Gasteiger partial charge >= 0.3 is 0 Å². The van der Waals surface area contributed by atoms with E-state index in [1.165, 1.54) is 10.4 Å². The zero-order chi connectivity index (χ0) is 15.3. The molecule has 5 heteroatoms. The van der Waals surface area contributed by atoms with Gasteiger partial charge in [-0.2, -0.15) is 0 Å². The average Bonchev–Trinajstić information content (AvgIpc) is 2.43. The lowest BCUT2D eigenvalue weighted by molar-refractivity contribution is 0.0988. The first-order valence-electron chi connectivity index (χ1n) is 6.94. The third-order valence-corrected chi connectivity index (χ3v) is 5.34. The van der Waals surface area contributed by atoms with Crippen molar-refractivity contribution in [3.63, 3.8) is 0 Å². The van der Waals surface area contributed by atoms with Crippen LogP contribution in [0.25, 0.3) is 0 Å². The monoisotopic (exact) mass is 297 g/mol. The molecule has 0 bridgehead atoms. The molecule has 0 atom stereocenters. The van der Waals surface area contributed by atoms with Crippen molar-refractivity contribution in [2.24, 2.45) is 0 Å². The molecule has 4 nitrogen and oxygen atoms in total. The number of rotatable bonds is 7. The number of ketones is 1. The molecule has 0 aliphatic rings. The summed E-state index contributed by atoms with van der Waals surface area (Å²) in [5, 5.41) is 0. The first kappa shape index (κ1) is 16.9. The zero-order valence-electron chi connectivity index (χ0n) is 12.6. The molecule has 0 heterocycles. The van der Waals surface area contributed by atoms with Crippen molar-refractivity contribution in [2.45, 2.75) is 44.9 Å². The standard InChI is InChI=1S/C15H23NO3S/c1-5-7-10-16(4)20(18,19)15-11-13(14(17)6-2)9-8-12(15)3/h8-9,11H,5-7,10H2,1-4H3. The quantitative estimate of drug-likeness (QED) is 0.727. The highest BCUT2D eigenvalue weighted by molar-refractivity contribution is 7.89. The van der Waals surface area contributed by atoms with Gasteiger partial charge in [-0.15, -0.1) is 0 Å². The van der Waals surface area contributed by atoms with Crippen molar-refractivity contribution in [1.82, 2.24) is 4.31 Å². The smallest absolute Gasteiger partial charge is 0.243 e. The van der Waals surface area contributed by atoms with Crippen LogP contribution in [0.3, 0.4) is 0 Å². The van der Waals surface area contributed by atoms with E-state index in [1.54, 1.807) is 33.0 Å². The Balaban J connectivity index is 3.20. The fourth-order valence-corrected chi connectivity index (χ4v) is 3.38. The molecule has 0 unspecified atom stereocenters. The first-order chi connectivity index (χ1) is 9.34. The highest BCUT2D eigenvalue weighted by Gasteiger charge is 2.23. The topological polar surface area (TPSA) is 54.5 Å². The average molecular weight is 297 g/mol. The summed E-state index contributed by atoms with van der Waals surface area (Å²) in [6.07, 6.45) is 2.13. The molecular weight excluding hydrogens is 274 g/mol. The predicted molar refractivity (Wildman–Crippen MR) is 80.5 cm³/mol. The van der Waals surface area contributed by atoms with Gasteiger partial charge in [0.1, 0.15) is 0 Å². The first-order valence-corrected chi connectivity index (χ1v) is 8.38. The van der Waals surface area contributed by atoms with Crippen LogP contribution in [0.4, 0.5) is 0 Å². The van der Waals surface area contributed by atoms with E-state index in [-0.39, 0.29) is 10.7 Å². The Hall–Kier alpha value is -1.20. The lowest BCUT2D eigenvalue weighted by Gasteiger charge is -2.18. The Kier molecular flexibility index (Phi) is 5.89. The van der Waals surface area contributed by atoms with Gasteiger partial charge in [-0.3, -0.25) is 4.79 Å². The van der Waals surface area contributed by atoms with Crippen molar-refractivity contribution in [1.29, 1.82) is 0 Å². The van der Waals surface area contributed by atoms with Crippen molar-refractivity contribution in [3.8, 4) is 0 Å². The second-order valence-electron chi connectivity index (χ2n) is 4.94. The van der Waals surface area contributed by atoms with E-state index in [2.05, 4.69) is 0 Å². The molecule has 0 N–H and O–H groups in total. The SMILES string of the molecule is CCCCN(C)S(=O)(=O)c1cc(C(=O)CC)ccc1C. The van der Waals surface area contributed by atoms with E-state index >= 15 is 0 Å². The van der Waals surface area contributed by atoms with Gasteiger partial charge in [-0.1, -0.05) is 32.4 Å². The van der Waals surface area contributed by atoms with E-state index in [0.29, 0.717) is 24.1 Å². The second kappa shape index (κ2) is 6.99. The Labute approximate surface area is 121 Å². The molecule has 0 aliphatic carbocycles. The normalized spacial score (nSPS) is 11.8. The van der Waals surface area contributed by atoms with Gasteiger partial charge in [-0.25, -0.2) is 12.7 Å². The lowest BCUT2D eigenvalue weighted by Crippen LogP contribution is -2.28. The molecule has 0 fully saturated rings. The van der Waals surface area contributed by atoms with Gasteiger partial charge in [0.15, 0.2) is 5.78 Å². The molecule has 0 amide bonds. The maximum Gasteiger partial charge on any atom is 0.243 e. The molecule has 0 aromatic heterocycles. The third kappa shape index (κ3) is 3.67. The highest BCUT2D eigenvalue weighted by atomic mass is 32.2. The number of benzene rings is 1. The van der Waals surface area contributed by atoms with Crippen molar-refractivity contribution < 1.29 is 13.2 Å². The molecule has 1 rings (SSSR count). The summed E-state index contributed by atoms with van der Waals surface area (Å²) in [4.78, 5) is 12.0. The van der Waals surface area contributed by atoms with Gasteiger partial charge in [0.05, 0.1) is 4.90 Å². The summed E-state index contributed by atoms with van der Waals surface area (Å²) in [6, 6.07) is 4.88. The number of sulfonamides is 1. The molecule has 0 aliphatic heterocycles. The third-order valence-electron chi connectivity index (χ3n) is 3.35. The maximum absolute atomic E-state index is 12.5. The van der Waals surface area contributed by atoms with Crippen LogP contribution >= 0.6 is 0 Å². The molecule has 0 saturated heterocycles. The number of hydrogen-bond donors (Lipinski definition) is 0. The molecule has 0 spiro atoms. The maximum atomic E-state index is 12.5. The minimum Gasteiger partial charge on any atom is -0.294 e. The number of hydrogen-bond acceptors (Lipinski definition) is 3. The van der Waals surface area contributed by atoms with Crippen LogP contribution in [0.15, 0.2) is 23.1 Å². The summed E-state index contributed by atoms with van der Waals surface area (Å²) < 4.78 is 26.4. The number of nitrogens with zero attached hydrogens (tertiary/aromatic N) is 1. The predicted octanol–water partition coefficient (Wildman–Crippen LogP) is 3.01. The van der Waals surface area contributed by atoms with E-state index in [9.17, 15) is 13.2 Å². The molecule has 1 aromatic rings. The Bertz CT molecular complexity index is 579. The van der Waals surface area contributed by atoms with E-state index in [1.807, 2.05) is 6.92 Å². The number of carbonyl (C=O) groups is 1. The number of unbranched alkanes of at least 4 members (excludes halogenated alkanes) is 1. The van der Waals surface area contributed by atoms with Crippen LogP contribution in [0.5, 0.6) is 0 Å². The Morgan fingerprint density at radius 1 is 1.25 bits per heavy atom. The summed E-state index contributed by atoms with van der Waals surface area (Å²) >= 11 is 0. The number of Topliss-reactive ketones (excluding diaryl/α,β-unsaturated/α-hetero) is 1. The summed E-state index contributed by atoms with van der Waals surface area (Å²) in [5.74, 6) is -0.0438. The molecule has 1 aromatic carbocycles. The lowest BCUT2D eigenvalue weighted by atomic mass is 10.1. The van der Waals surface area contributed by atoms with Crippen LogP contribution < -0.4 is 0 Å². The van der Waals surface area contributed by atoms with Gasteiger partial charge in [0.25, 0.3) is 0 Å². The summed E-state index contributed by atoms with van der Waals surface area (Å²) in [7, 11) is -1.94.